The van der Waals surface area contributed by atoms with E-state index in [1.165, 1.54) is 5.56 Å². The van der Waals surface area contributed by atoms with Gasteiger partial charge in [0.05, 0.1) is 0 Å². The molecule has 0 heterocycles. The van der Waals surface area contributed by atoms with Gasteiger partial charge in [-0.3, -0.25) is 0 Å². The van der Waals surface area contributed by atoms with Crippen LogP contribution in [0.5, 0.6) is 0 Å². The Labute approximate surface area is 111 Å². The number of fused-ring (bicyclic) bond motifs is 1. The largest absolute Gasteiger partial charge is 0.207 e. The van der Waals surface area contributed by atoms with Gasteiger partial charge in [-0.25, -0.2) is 4.39 Å². The van der Waals surface area contributed by atoms with Crippen LogP contribution in [0.3, 0.4) is 0 Å². The standard InChI is InChI=1S/C17H25F/c1-16(2,3)12-9-11-7-8-13(17(4,5)6)15(11)14(18)10-12/h9-10,13H,7-8H2,1-6H3. The molecular formula is C17H25F. The maximum Gasteiger partial charge on any atom is 0.127 e. The fourth-order valence-electron chi connectivity index (χ4n) is 3.02. The molecule has 2 rings (SSSR count). The monoisotopic (exact) mass is 248 g/mol. The SMILES string of the molecule is CC(C)(C)c1cc(F)c2c(c1)CCC2C(C)(C)C. The number of benzene rings is 1. The van der Waals surface area contributed by atoms with Crippen molar-refractivity contribution in [2.45, 2.75) is 65.7 Å². The number of hydrogen-bond donors (Lipinski definition) is 0. The molecule has 100 valence electrons. The first kappa shape index (κ1) is 13.6. The van der Waals surface area contributed by atoms with E-state index in [1.54, 1.807) is 6.07 Å². The van der Waals surface area contributed by atoms with Crippen LogP contribution in [0, 0.1) is 11.2 Å². The normalized spacial score (nSPS) is 20.1. The second kappa shape index (κ2) is 4.08. The van der Waals surface area contributed by atoms with Crippen molar-refractivity contribution in [1.29, 1.82) is 0 Å². The lowest BCUT2D eigenvalue weighted by Crippen LogP contribution is -2.18. The van der Waals surface area contributed by atoms with Crippen molar-refractivity contribution >= 4 is 0 Å². The molecule has 1 unspecified atom stereocenters. The summed E-state index contributed by atoms with van der Waals surface area (Å²) in [5.74, 6) is 0.372. The zero-order valence-corrected chi connectivity index (χ0v) is 12.5. The number of hydrogen-bond acceptors (Lipinski definition) is 0. The predicted molar refractivity (Wildman–Crippen MR) is 75.6 cm³/mol. The Morgan fingerprint density at radius 1 is 1.06 bits per heavy atom. The van der Waals surface area contributed by atoms with Gasteiger partial charge in [-0.2, -0.15) is 0 Å². The van der Waals surface area contributed by atoms with Gasteiger partial charge in [-0.15, -0.1) is 0 Å². The third-order valence-corrected chi connectivity index (χ3v) is 4.18. The fourth-order valence-corrected chi connectivity index (χ4v) is 3.02. The van der Waals surface area contributed by atoms with Gasteiger partial charge in [0.1, 0.15) is 5.82 Å². The summed E-state index contributed by atoms with van der Waals surface area (Å²) in [6, 6.07) is 3.98. The van der Waals surface area contributed by atoms with Crippen LogP contribution in [0.15, 0.2) is 12.1 Å². The minimum Gasteiger partial charge on any atom is -0.207 e. The molecule has 0 nitrogen and oxygen atoms in total. The minimum absolute atomic E-state index is 0.00912. The van der Waals surface area contributed by atoms with Crippen LogP contribution in [-0.2, 0) is 11.8 Å². The third kappa shape index (κ3) is 2.32. The number of aryl methyl sites for hydroxylation is 1. The average Bonchev–Trinajstić information content (AvgIpc) is 2.59. The molecule has 18 heavy (non-hydrogen) atoms. The van der Waals surface area contributed by atoms with Crippen molar-refractivity contribution in [1.82, 2.24) is 0 Å². The Morgan fingerprint density at radius 3 is 2.17 bits per heavy atom. The first-order valence-electron chi connectivity index (χ1n) is 6.93. The second-order valence-corrected chi connectivity index (χ2v) is 7.74. The first-order chi connectivity index (χ1) is 8.10. The van der Waals surface area contributed by atoms with Crippen molar-refractivity contribution in [3.63, 3.8) is 0 Å². The molecule has 1 heteroatoms. The summed E-state index contributed by atoms with van der Waals surface area (Å²) >= 11 is 0. The van der Waals surface area contributed by atoms with Crippen molar-refractivity contribution < 1.29 is 4.39 Å². The molecule has 0 N–H and O–H groups in total. The fraction of sp³-hybridized carbons (Fsp3) is 0.647. The molecule has 0 fully saturated rings. The smallest absolute Gasteiger partial charge is 0.127 e. The van der Waals surface area contributed by atoms with E-state index in [0.717, 1.165) is 24.0 Å². The van der Waals surface area contributed by atoms with E-state index >= 15 is 0 Å². The Kier molecular flexibility index (Phi) is 3.08. The highest BCUT2D eigenvalue weighted by Gasteiger charge is 2.35. The van der Waals surface area contributed by atoms with Gasteiger partial charge in [-0.1, -0.05) is 47.6 Å². The Morgan fingerprint density at radius 2 is 1.67 bits per heavy atom. The van der Waals surface area contributed by atoms with E-state index in [-0.39, 0.29) is 16.6 Å². The summed E-state index contributed by atoms with van der Waals surface area (Å²) in [5.41, 5.74) is 3.51. The summed E-state index contributed by atoms with van der Waals surface area (Å²) in [6.07, 6.45) is 2.11. The lowest BCUT2D eigenvalue weighted by Gasteiger charge is -2.29. The van der Waals surface area contributed by atoms with E-state index < -0.39 is 0 Å². The van der Waals surface area contributed by atoms with Crippen LogP contribution in [0.4, 0.5) is 4.39 Å². The Bertz CT molecular complexity index is 458. The maximum absolute atomic E-state index is 14.5. The van der Waals surface area contributed by atoms with Gasteiger partial charge < -0.3 is 0 Å². The summed E-state index contributed by atoms with van der Waals surface area (Å²) in [5, 5.41) is 0. The van der Waals surface area contributed by atoms with Gasteiger partial charge in [0.25, 0.3) is 0 Å². The third-order valence-electron chi connectivity index (χ3n) is 4.18. The van der Waals surface area contributed by atoms with Crippen molar-refractivity contribution in [2.75, 3.05) is 0 Å². The quantitative estimate of drug-likeness (QED) is 0.592. The van der Waals surface area contributed by atoms with Gasteiger partial charge in [0.15, 0.2) is 0 Å². The zero-order chi connectivity index (χ0) is 13.7. The van der Waals surface area contributed by atoms with E-state index in [0.29, 0.717) is 5.92 Å². The molecule has 0 radical (unpaired) electrons. The summed E-state index contributed by atoms with van der Waals surface area (Å²) < 4.78 is 14.5. The van der Waals surface area contributed by atoms with Gasteiger partial charge >= 0.3 is 0 Å². The number of rotatable bonds is 0. The van der Waals surface area contributed by atoms with E-state index in [1.807, 2.05) is 0 Å². The van der Waals surface area contributed by atoms with Gasteiger partial charge in [-0.05, 0) is 52.3 Å². The zero-order valence-electron chi connectivity index (χ0n) is 12.5. The molecule has 1 aliphatic rings. The average molecular weight is 248 g/mol. The van der Waals surface area contributed by atoms with Crippen molar-refractivity contribution in [3.8, 4) is 0 Å². The molecule has 0 saturated carbocycles. The maximum atomic E-state index is 14.5. The van der Waals surface area contributed by atoms with Crippen LogP contribution in [-0.4, -0.2) is 0 Å². The first-order valence-corrected chi connectivity index (χ1v) is 6.93. The lowest BCUT2D eigenvalue weighted by atomic mass is 9.76. The van der Waals surface area contributed by atoms with Crippen LogP contribution < -0.4 is 0 Å². The molecule has 1 atom stereocenters. The molecule has 1 aromatic rings. The van der Waals surface area contributed by atoms with Crippen molar-refractivity contribution in [2.24, 2.45) is 5.41 Å². The molecule has 1 aliphatic carbocycles. The Balaban J connectivity index is 2.51. The topological polar surface area (TPSA) is 0 Å². The van der Waals surface area contributed by atoms with Crippen LogP contribution in [0.25, 0.3) is 0 Å². The predicted octanol–water partition coefficient (Wildman–Crippen LogP) is 5.20. The van der Waals surface area contributed by atoms with Crippen LogP contribution in [0.2, 0.25) is 0 Å². The van der Waals surface area contributed by atoms with E-state index in [9.17, 15) is 4.39 Å². The highest BCUT2D eigenvalue weighted by molar-refractivity contribution is 5.42. The lowest BCUT2D eigenvalue weighted by molar-refractivity contribution is 0.312. The van der Waals surface area contributed by atoms with Crippen LogP contribution >= 0.6 is 0 Å². The summed E-state index contributed by atoms with van der Waals surface area (Å²) in [4.78, 5) is 0. The van der Waals surface area contributed by atoms with E-state index in [4.69, 9.17) is 0 Å². The second-order valence-electron chi connectivity index (χ2n) is 7.74. The van der Waals surface area contributed by atoms with E-state index in [2.05, 4.69) is 47.6 Å². The molecule has 0 saturated heterocycles. The molecule has 0 amide bonds. The molecule has 0 aromatic heterocycles. The molecule has 0 bridgehead atoms. The van der Waals surface area contributed by atoms with Gasteiger partial charge in [0.2, 0.25) is 0 Å². The molecule has 0 spiro atoms. The summed E-state index contributed by atoms with van der Waals surface area (Å²) in [7, 11) is 0. The Hall–Kier alpha value is -0.850. The minimum atomic E-state index is 0.00912. The molecular weight excluding hydrogens is 223 g/mol. The highest BCUT2D eigenvalue weighted by atomic mass is 19.1. The van der Waals surface area contributed by atoms with Gasteiger partial charge in [0, 0.05) is 0 Å². The molecule has 1 aromatic carbocycles. The number of halogens is 1. The van der Waals surface area contributed by atoms with Crippen LogP contribution in [0.1, 0.15) is 70.6 Å². The molecule has 0 aliphatic heterocycles. The summed E-state index contributed by atoms with van der Waals surface area (Å²) in [6.45, 7) is 13.1. The highest BCUT2D eigenvalue weighted by Crippen LogP contribution is 2.46. The van der Waals surface area contributed by atoms with Crippen molar-refractivity contribution in [3.05, 3.63) is 34.6 Å².